The van der Waals surface area contributed by atoms with E-state index in [1.165, 1.54) is 0 Å². The van der Waals surface area contributed by atoms with Crippen LogP contribution in [0.25, 0.3) is 0 Å². The third kappa shape index (κ3) is 2.78. The number of hydrogen-bond acceptors (Lipinski definition) is 4. The molecule has 0 radical (unpaired) electrons. The summed E-state index contributed by atoms with van der Waals surface area (Å²) in [5, 5.41) is 4.20. The van der Waals surface area contributed by atoms with Crippen LogP contribution in [0.2, 0.25) is 0 Å². The van der Waals surface area contributed by atoms with Gasteiger partial charge in [0.05, 0.1) is 17.1 Å². The summed E-state index contributed by atoms with van der Waals surface area (Å²) in [6.45, 7) is 4.71. The lowest BCUT2D eigenvalue weighted by Gasteiger charge is -2.07. The Morgan fingerprint density at radius 3 is 2.79 bits per heavy atom. The number of hydrogen-bond donors (Lipinski definition) is 1. The highest BCUT2D eigenvalue weighted by Gasteiger charge is 2.14. The lowest BCUT2D eigenvalue weighted by Crippen LogP contribution is -2.12. The molecule has 0 saturated carbocycles. The van der Waals surface area contributed by atoms with E-state index in [0.717, 1.165) is 11.4 Å². The summed E-state index contributed by atoms with van der Waals surface area (Å²) in [6.07, 6.45) is 1.73. The van der Waals surface area contributed by atoms with Crippen molar-refractivity contribution in [3.05, 3.63) is 35.4 Å². The predicted octanol–water partition coefficient (Wildman–Crippen LogP) is 1.49. The highest BCUT2D eigenvalue weighted by molar-refractivity contribution is 5.89. The fourth-order valence-electron chi connectivity index (χ4n) is 1.98. The van der Waals surface area contributed by atoms with E-state index < -0.39 is 0 Å². The molecule has 0 fully saturated rings. The molecule has 0 aliphatic carbocycles. The van der Waals surface area contributed by atoms with Gasteiger partial charge in [-0.2, -0.15) is 5.10 Å². The standard InChI is InChI=1S/C13H18N4O2/c1-4-17-7-10(14)6-12(17)13(18)19-8-11-5-9(2)15-16(11)3/h5-7H,4,8,14H2,1-3H3. The molecule has 2 N–H and O–H groups in total. The number of rotatable bonds is 4. The third-order valence-electron chi connectivity index (χ3n) is 2.92. The molecular weight excluding hydrogens is 244 g/mol. The number of anilines is 1. The van der Waals surface area contributed by atoms with Gasteiger partial charge in [0.2, 0.25) is 0 Å². The SMILES string of the molecule is CCn1cc(N)cc1C(=O)OCc1cc(C)nn1C. The smallest absolute Gasteiger partial charge is 0.355 e. The first-order valence-electron chi connectivity index (χ1n) is 6.13. The molecule has 0 saturated heterocycles. The third-order valence-corrected chi connectivity index (χ3v) is 2.92. The second kappa shape index (κ2) is 5.17. The largest absolute Gasteiger partial charge is 0.455 e. The number of esters is 1. The molecule has 2 aromatic rings. The molecule has 0 aliphatic heterocycles. The summed E-state index contributed by atoms with van der Waals surface area (Å²) in [5.74, 6) is -0.377. The van der Waals surface area contributed by atoms with Crippen molar-refractivity contribution in [1.29, 1.82) is 0 Å². The summed E-state index contributed by atoms with van der Waals surface area (Å²) < 4.78 is 8.76. The van der Waals surface area contributed by atoms with Crippen molar-refractivity contribution < 1.29 is 9.53 Å². The number of ether oxygens (including phenoxy) is 1. The summed E-state index contributed by atoms with van der Waals surface area (Å²) >= 11 is 0. The zero-order valence-electron chi connectivity index (χ0n) is 11.4. The van der Waals surface area contributed by atoms with Crippen molar-refractivity contribution >= 4 is 11.7 Å². The minimum absolute atomic E-state index is 0.199. The molecule has 2 aromatic heterocycles. The maximum Gasteiger partial charge on any atom is 0.355 e. The van der Waals surface area contributed by atoms with E-state index in [4.69, 9.17) is 10.5 Å². The van der Waals surface area contributed by atoms with Gasteiger partial charge in [-0.25, -0.2) is 4.79 Å². The van der Waals surface area contributed by atoms with Crippen molar-refractivity contribution in [1.82, 2.24) is 14.3 Å². The van der Waals surface area contributed by atoms with Gasteiger partial charge in [-0.1, -0.05) is 0 Å². The Balaban J connectivity index is 2.07. The van der Waals surface area contributed by atoms with Crippen LogP contribution in [0.1, 0.15) is 28.8 Å². The number of carbonyl (C=O) groups excluding carboxylic acids is 1. The first-order valence-corrected chi connectivity index (χ1v) is 6.13. The fourth-order valence-corrected chi connectivity index (χ4v) is 1.98. The molecule has 0 spiro atoms. The number of aryl methyl sites for hydroxylation is 3. The van der Waals surface area contributed by atoms with Gasteiger partial charge in [-0.15, -0.1) is 0 Å². The topological polar surface area (TPSA) is 75.1 Å². The molecule has 19 heavy (non-hydrogen) atoms. The highest BCUT2D eigenvalue weighted by Crippen LogP contribution is 2.13. The molecule has 2 rings (SSSR count). The van der Waals surface area contributed by atoms with Gasteiger partial charge >= 0.3 is 5.97 Å². The summed E-state index contributed by atoms with van der Waals surface area (Å²) in [4.78, 5) is 12.0. The average Bonchev–Trinajstić information content (AvgIpc) is 2.89. The number of nitrogens with zero attached hydrogens (tertiary/aromatic N) is 3. The molecule has 0 aliphatic rings. The zero-order chi connectivity index (χ0) is 14.0. The van der Waals surface area contributed by atoms with Crippen LogP contribution in [0.4, 0.5) is 5.69 Å². The summed E-state index contributed by atoms with van der Waals surface area (Å²) in [5.41, 5.74) is 8.47. The van der Waals surface area contributed by atoms with Gasteiger partial charge in [0.15, 0.2) is 0 Å². The van der Waals surface area contributed by atoms with Crippen molar-refractivity contribution in [3.8, 4) is 0 Å². The van der Waals surface area contributed by atoms with Crippen LogP contribution in [0.3, 0.4) is 0 Å². The van der Waals surface area contributed by atoms with Crippen LogP contribution < -0.4 is 5.73 Å². The van der Waals surface area contributed by atoms with Gasteiger partial charge < -0.3 is 15.0 Å². The first-order chi connectivity index (χ1) is 9.01. The van der Waals surface area contributed by atoms with Crippen molar-refractivity contribution in [3.63, 3.8) is 0 Å². The number of aromatic nitrogens is 3. The fraction of sp³-hybridized carbons (Fsp3) is 0.385. The second-order valence-corrected chi connectivity index (χ2v) is 4.42. The maximum atomic E-state index is 12.0. The Bertz CT molecular complexity index is 598. The molecule has 102 valence electrons. The Hall–Kier alpha value is -2.24. The van der Waals surface area contributed by atoms with E-state index in [0.29, 0.717) is 17.9 Å². The summed E-state index contributed by atoms with van der Waals surface area (Å²) in [6, 6.07) is 3.51. The Morgan fingerprint density at radius 2 is 2.21 bits per heavy atom. The van der Waals surface area contributed by atoms with Crippen molar-refractivity contribution in [2.75, 3.05) is 5.73 Å². The van der Waals surface area contributed by atoms with E-state index in [1.807, 2.05) is 27.0 Å². The molecule has 0 aromatic carbocycles. The highest BCUT2D eigenvalue weighted by atomic mass is 16.5. The van der Waals surface area contributed by atoms with E-state index in [9.17, 15) is 4.79 Å². The van der Waals surface area contributed by atoms with E-state index in [1.54, 1.807) is 21.5 Å². The van der Waals surface area contributed by atoms with Gasteiger partial charge in [-0.05, 0) is 26.0 Å². The molecule has 0 bridgehead atoms. The lowest BCUT2D eigenvalue weighted by molar-refractivity contribution is 0.0451. The lowest BCUT2D eigenvalue weighted by atomic mass is 10.4. The first kappa shape index (κ1) is 13.2. The maximum absolute atomic E-state index is 12.0. The number of nitrogen functional groups attached to an aromatic ring is 1. The van der Waals surface area contributed by atoms with Gasteiger partial charge in [-0.3, -0.25) is 4.68 Å². The van der Waals surface area contributed by atoms with E-state index >= 15 is 0 Å². The van der Waals surface area contributed by atoms with E-state index in [2.05, 4.69) is 5.10 Å². The van der Waals surface area contributed by atoms with E-state index in [-0.39, 0.29) is 12.6 Å². The normalized spacial score (nSPS) is 10.7. The number of nitrogens with two attached hydrogens (primary N) is 1. The second-order valence-electron chi connectivity index (χ2n) is 4.42. The zero-order valence-corrected chi connectivity index (χ0v) is 11.4. The quantitative estimate of drug-likeness (QED) is 0.847. The monoisotopic (exact) mass is 262 g/mol. The van der Waals surface area contributed by atoms with Gasteiger partial charge in [0, 0.05) is 19.8 Å². The van der Waals surface area contributed by atoms with Crippen molar-refractivity contribution in [2.45, 2.75) is 27.0 Å². The predicted molar refractivity (Wildman–Crippen MR) is 71.6 cm³/mol. The van der Waals surface area contributed by atoms with Crippen LogP contribution in [0, 0.1) is 6.92 Å². The van der Waals surface area contributed by atoms with Crippen LogP contribution in [-0.2, 0) is 24.9 Å². The van der Waals surface area contributed by atoms with Crippen LogP contribution in [0.15, 0.2) is 18.3 Å². The van der Waals surface area contributed by atoms with Gasteiger partial charge in [0.1, 0.15) is 12.3 Å². The Kier molecular flexibility index (Phi) is 3.59. The molecular formula is C13H18N4O2. The van der Waals surface area contributed by atoms with Crippen LogP contribution in [-0.4, -0.2) is 20.3 Å². The van der Waals surface area contributed by atoms with Gasteiger partial charge in [0.25, 0.3) is 0 Å². The minimum Gasteiger partial charge on any atom is -0.455 e. The van der Waals surface area contributed by atoms with Crippen LogP contribution >= 0.6 is 0 Å². The molecule has 0 atom stereocenters. The molecule has 6 nitrogen and oxygen atoms in total. The number of carbonyl (C=O) groups is 1. The molecule has 2 heterocycles. The average molecular weight is 262 g/mol. The molecule has 6 heteroatoms. The van der Waals surface area contributed by atoms with Crippen molar-refractivity contribution in [2.24, 2.45) is 7.05 Å². The minimum atomic E-state index is -0.377. The molecule has 0 unspecified atom stereocenters. The van der Waals surface area contributed by atoms with Crippen LogP contribution in [0.5, 0.6) is 0 Å². The Morgan fingerprint density at radius 1 is 1.47 bits per heavy atom. The Labute approximate surface area is 111 Å². The molecule has 0 amide bonds. The summed E-state index contributed by atoms with van der Waals surface area (Å²) in [7, 11) is 1.82.